The number of nitrogens with one attached hydrogen (secondary N) is 1. The van der Waals surface area contributed by atoms with Crippen molar-refractivity contribution in [3.63, 3.8) is 0 Å². The van der Waals surface area contributed by atoms with E-state index in [1.165, 1.54) is 11.6 Å². The van der Waals surface area contributed by atoms with Crippen molar-refractivity contribution in [2.75, 3.05) is 0 Å². The van der Waals surface area contributed by atoms with Crippen LogP contribution < -0.4 is 5.48 Å². The first kappa shape index (κ1) is 15.9. The molecule has 24 heavy (non-hydrogen) atoms. The molecule has 0 saturated carbocycles. The van der Waals surface area contributed by atoms with Crippen molar-refractivity contribution in [1.29, 1.82) is 0 Å². The van der Waals surface area contributed by atoms with Crippen LogP contribution in [-0.4, -0.2) is 34.3 Å². The van der Waals surface area contributed by atoms with E-state index in [1.54, 1.807) is 29.5 Å². The van der Waals surface area contributed by atoms with E-state index in [2.05, 4.69) is 4.99 Å². The number of hydrogen-bond acceptors (Lipinski definition) is 4. The largest absolute Gasteiger partial charge is 0.298 e. The van der Waals surface area contributed by atoms with Crippen molar-refractivity contribution in [2.45, 2.75) is 12.6 Å². The summed E-state index contributed by atoms with van der Waals surface area (Å²) >= 11 is 0. The number of hydroxylamine groups is 1. The maximum atomic E-state index is 12.6. The van der Waals surface area contributed by atoms with Gasteiger partial charge in [0, 0.05) is 6.08 Å². The molecule has 3 rings (SSSR count). The van der Waals surface area contributed by atoms with Gasteiger partial charge in [0.2, 0.25) is 5.91 Å². The van der Waals surface area contributed by atoms with Gasteiger partial charge in [0.05, 0.1) is 24.8 Å². The zero-order valence-corrected chi connectivity index (χ0v) is 12.9. The number of nitrogens with zero attached hydrogens (tertiary/aromatic N) is 2. The quantitative estimate of drug-likeness (QED) is 0.502. The van der Waals surface area contributed by atoms with Gasteiger partial charge >= 0.3 is 0 Å². The van der Waals surface area contributed by atoms with Crippen LogP contribution in [0.3, 0.4) is 0 Å². The van der Waals surface area contributed by atoms with Gasteiger partial charge in [-0.25, -0.2) is 5.48 Å². The number of rotatable bonds is 4. The average Bonchev–Trinajstić information content (AvgIpc) is 2.63. The molecule has 2 unspecified atom stereocenters. The number of benzene rings is 1. The van der Waals surface area contributed by atoms with Gasteiger partial charge in [0.15, 0.2) is 0 Å². The minimum atomic E-state index is -0.608. The maximum Gasteiger partial charge on any atom is 0.267 e. The Labute approximate surface area is 139 Å². The van der Waals surface area contributed by atoms with Crippen molar-refractivity contribution in [2.24, 2.45) is 10.9 Å². The zero-order valence-electron chi connectivity index (χ0n) is 12.9. The van der Waals surface area contributed by atoms with Crippen molar-refractivity contribution >= 4 is 18.2 Å². The van der Waals surface area contributed by atoms with Gasteiger partial charge in [0.1, 0.15) is 0 Å². The Balaban J connectivity index is 1.73. The number of allylic oxidation sites excluding steroid dienone is 3. The second-order valence-corrected chi connectivity index (χ2v) is 5.57. The van der Waals surface area contributed by atoms with E-state index >= 15 is 0 Å². The molecule has 0 radical (unpaired) electrons. The van der Waals surface area contributed by atoms with Crippen LogP contribution in [0.2, 0.25) is 0 Å². The monoisotopic (exact) mass is 323 g/mol. The van der Waals surface area contributed by atoms with E-state index in [-0.39, 0.29) is 17.9 Å². The third kappa shape index (κ3) is 3.49. The Hall–Kier alpha value is -2.99. The van der Waals surface area contributed by atoms with Gasteiger partial charge in [0.25, 0.3) is 5.91 Å². The summed E-state index contributed by atoms with van der Waals surface area (Å²) in [6, 6.07) is 9.48. The molecule has 0 fully saturated rings. The summed E-state index contributed by atoms with van der Waals surface area (Å²) in [5, 5.41) is 8.47. The molecule has 1 aliphatic heterocycles. The second-order valence-electron chi connectivity index (χ2n) is 5.57. The minimum Gasteiger partial charge on any atom is -0.298 e. The van der Waals surface area contributed by atoms with Gasteiger partial charge in [-0.15, -0.1) is 0 Å². The highest BCUT2D eigenvalue weighted by atomic mass is 16.5. The molecule has 1 heterocycles. The summed E-state index contributed by atoms with van der Waals surface area (Å²) in [4.78, 5) is 29.7. The first-order valence-electron chi connectivity index (χ1n) is 7.57. The molecule has 0 bridgehead atoms. The molecule has 1 aliphatic carbocycles. The van der Waals surface area contributed by atoms with Crippen LogP contribution >= 0.6 is 0 Å². The first-order valence-corrected chi connectivity index (χ1v) is 7.57. The fraction of sp³-hybridized carbons (Fsp3) is 0.167. The predicted molar refractivity (Wildman–Crippen MR) is 89.1 cm³/mol. The van der Waals surface area contributed by atoms with E-state index in [4.69, 9.17) is 5.21 Å². The van der Waals surface area contributed by atoms with E-state index in [9.17, 15) is 9.59 Å². The number of aliphatic imine (C=N–C) groups is 1. The molecule has 122 valence electrons. The number of carbonyl (C=O) groups is 2. The van der Waals surface area contributed by atoms with Gasteiger partial charge in [-0.2, -0.15) is 0 Å². The zero-order chi connectivity index (χ0) is 16.9. The fourth-order valence-electron chi connectivity index (χ4n) is 2.67. The molecule has 2 aliphatic rings. The molecule has 6 heteroatoms. The Morgan fingerprint density at radius 3 is 2.88 bits per heavy atom. The number of hydrogen-bond donors (Lipinski definition) is 2. The number of fused-ring (bicyclic) bond motifs is 1. The van der Waals surface area contributed by atoms with Crippen LogP contribution in [0.25, 0.3) is 0 Å². The van der Waals surface area contributed by atoms with Gasteiger partial charge in [-0.3, -0.25) is 24.7 Å². The molecule has 0 aromatic heterocycles. The Bertz CT molecular complexity index is 750. The highest BCUT2D eigenvalue weighted by molar-refractivity contribution is 5.94. The van der Waals surface area contributed by atoms with Crippen LogP contribution in [-0.2, 0) is 16.1 Å². The van der Waals surface area contributed by atoms with Crippen LogP contribution in [0.15, 0.2) is 71.3 Å². The lowest BCUT2D eigenvalue weighted by Crippen LogP contribution is -2.43. The summed E-state index contributed by atoms with van der Waals surface area (Å²) in [6.07, 6.45) is 9.77. The lowest BCUT2D eigenvalue weighted by molar-refractivity contribution is -0.131. The normalized spacial score (nSPS) is 22.5. The Morgan fingerprint density at radius 2 is 2.12 bits per heavy atom. The Morgan fingerprint density at radius 1 is 1.33 bits per heavy atom. The molecule has 2 atom stereocenters. The molecular weight excluding hydrogens is 306 g/mol. The van der Waals surface area contributed by atoms with E-state index in [1.807, 2.05) is 36.4 Å². The highest BCUT2D eigenvalue weighted by Crippen LogP contribution is 2.26. The molecule has 1 aromatic rings. The minimum absolute atomic E-state index is 0.00230. The van der Waals surface area contributed by atoms with Crippen molar-refractivity contribution in [3.05, 3.63) is 71.8 Å². The van der Waals surface area contributed by atoms with Crippen LogP contribution in [0, 0.1) is 5.92 Å². The van der Waals surface area contributed by atoms with Crippen LogP contribution in [0.1, 0.15) is 5.56 Å². The average molecular weight is 323 g/mol. The lowest BCUT2D eigenvalue weighted by Gasteiger charge is -2.31. The standard InChI is InChI=1S/C18H17N3O3/c22-17(20-24)9-7-13-6-8-15-16(10-13)19-12-21(18(15)23)11-14-4-2-1-3-5-14/h1-10,12,15-16,24H,11H2,(H,20,22)/b9-7+. The summed E-state index contributed by atoms with van der Waals surface area (Å²) in [5.74, 6) is -0.936. The summed E-state index contributed by atoms with van der Waals surface area (Å²) in [5.41, 5.74) is 3.34. The third-order valence-electron chi connectivity index (χ3n) is 3.91. The summed E-state index contributed by atoms with van der Waals surface area (Å²) in [6.45, 7) is 0.493. The van der Waals surface area contributed by atoms with E-state index < -0.39 is 5.91 Å². The van der Waals surface area contributed by atoms with E-state index in [0.717, 1.165) is 11.1 Å². The lowest BCUT2D eigenvalue weighted by atomic mass is 9.89. The summed E-state index contributed by atoms with van der Waals surface area (Å²) in [7, 11) is 0. The molecular formula is C18H17N3O3. The molecule has 2 amide bonds. The fourth-order valence-corrected chi connectivity index (χ4v) is 2.67. The first-order chi connectivity index (χ1) is 11.7. The van der Waals surface area contributed by atoms with Crippen molar-refractivity contribution in [3.8, 4) is 0 Å². The number of amides is 2. The molecule has 0 spiro atoms. The van der Waals surface area contributed by atoms with Crippen LogP contribution in [0.4, 0.5) is 0 Å². The molecule has 2 N–H and O–H groups in total. The molecule has 1 aromatic carbocycles. The van der Waals surface area contributed by atoms with E-state index in [0.29, 0.717) is 6.54 Å². The van der Waals surface area contributed by atoms with Crippen LogP contribution in [0.5, 0.6) is 0 Å². The number of carbonyl (C=O) groups excluding carboxylic acids is 2. The van der Waals surface area contributed by atoms with Gasteiger partial charge < -0.3 is 0 Å². The second kappa shape index (κ2) is 7.06. The smallest absolute Gasteiger partial charge is 0.267 e. The topological polar surface area (TPSA) is 82.0 Å². The highest BCUT2D eigenvalue weighted by Gasteiger charge is 2.33. The van der Waals surface area contributed by atoms with Gasteiger partial charge in [-0.05, 0) is 17.2 Å². The van der Waals surface area contributed by atoms with Crippen molar-refractivity contribution < 1.29 is 14.8 Å². The maximum absolute atomic E-state index is 12.6. The third-order valence-corrected chi connectivity index (χ3v) is 3.91. The SMILES string of the molecule is O=C(/C=C/C1=CC2N=CN(Cc3ccccc3)C(=O)C2C=C1)NO. The summed E-state index contributed by atoms with van der Waals surface area (Å²) < 4.78 is 0. The molecule has 6 nitrogen and oxygen atoms in total. The van der Waals surface area contributed by atoms with Gasteiger partial charge in [-0.1, -0.05) is 48.6 Å². The predicted octanol–water partition coefficient (Wildman–Crippen LogP) is 1.60. The molecule has 0 saturated heterocycles. The van der Waals surface area contributed by atoms with Crippen molar-refractivity contribution in [1.82, 2.24) is 10.4 Å². The Kier molecular flexibility index (Phi) is 4.67.